The number of rotatable bonds is 8. The van der Waals surface area contributed by atoms with E-state index >= 15 is 0 Å². The van der Waals surface area contributed by atoms with Gasteiger partial charge in [-0.1, -0.05) is 41.6 Å². The molecule has 33 heavy (non-hydrogen) atoms. The Labute approximate surface area is 200 Å². The normalized spacial score (nSPS) is 13.4. The monoisotopic (exact) mass is 464 g/mol. The number of nitrogens with zero attached hydrogens (tertiary/aromatic N) is 6. The lowest BCUT2D eigenvalue weighted by Crippen LogP contribution is -2.28. The predicted molar refractivity (Wildman–Crippen MR) is 136 cm³/mol. The van der Waals surface area contributed by atoms with E-state index in [9.17, 15) is 4.79 Å². The highest BCUT2D eigenvalue weighted by atomic mass is 32.2. The van der Waals surface area contributed by atoms with Gasteiger partial charge < -0.3 is 14.7 Å². The van der Waals surface area contributed by atoms with Gasteiger partial charge in [-0.05, 0) is 49.6 Å². The summed E-state index contributed by atoms with van der Waals surface area (Å²) in [6.45, 7) is 4.64. The molecule has 8 heteroatoms. The molecule has 3 aromatic rings. The number of benzene rings is 2. The second kappa shape index (κ2) is 10.3. The molecule has 2 heterocycles. The number of aromatic nitrogens is 3. The third-order valence-corrected chi connectivity index (χ3v) is 6.83. The van der Waals surface area contributed by atoms with Crippen molar-refractivity contribution in [1.82, 2.24) is 19.7 Å². The first-order valence-corrected chi connectivity index (χ1v) is 12.3. The number of carbonyl (C=O) groups is 1. The molecule has 2 aromatic carbocycles. The minimum Gasteiger partial charge on any atom is -0.378 e. The zero-order valence-corrected chi connectivity index (χ0v) is 20.7. The van der Waals surface area contributed by atoms with Gasteiger partial charge in [-0.2, -0.15) is 0 Å². The largest absolute Gasteiger partial charge is 0.378 e. The zero-order valence-electron chi connectivity index (χ0n) is 19.9. The van der Waals surface area contributed by atoms with Gasteiger partial charge in [0, 0.05) is 46.5 Å². The van der Waals surface area contributed by atoms with Gasteiger partial charge in [-0.25, -0.2) is 0 Å². The molecule has 0 aliphatic carbocycles. The molecule has 0 spiro atoms. The Morgan fingerprint density at radius 2 is 1.64 bits per heavy atom. The summed E-state index contributed by atoms with van der Waals surface area (Å²) < 4.78 is 2.09. The summed E-state index contributed by atoms with van der Waals surface area (Å²) in [4.78, 5) is 19.0. The summed E-state index contributed by atoms with van der Waals surface area (Å²) in [5, 5.41) is 9.71. The number of hydrogen-bond acceptors (Lipinski definition) is 6. The van der Waals surface area contributed by atoms with Crippen LogP contribution in [0.5, 0.6) is 0 Å². The molecule has 0 atom stereocenters. The molecule has 0 N–H and O–H groups in total. The summed E-state index contributed by atoms with van der Waals surface area (Å²) in [6, 6.07) is 16.7. The third kappa shape index (κ3) is 5.50. The highest BCUT2D eigenvalue weighted by Crippen LogP contribution is 2.29. The van der Waals surface area contributed by atoms with E-state index in [2.05, 4.69) is 80.0 Å². The molecule has 0 bridgehead atoms. The zero-order chi connectivity index (χ0) is 23.4. The molecule has 4 rings (SSSR count). The molecule has 7 nitrogen and oxygen atoms in total. The summed E-state index contributed by atoms with van der Waals surface area (Å²) in [5.74, 6) is 1.24. The molecule has 0 saturated carbocycles. The van der Waals surface area contributed by atoms with Gasteiger partial charge in [-0.15, -0.1) is 10.2 Å². The maximum atomic E-state index is 12.9. The van der Waals surface area contributed by atoms with E-state index in [0.29, 0.717) is 12.3 Å². The van der Waals surface area contributed by atoms with Gasteiger partial charge in [0.2, 0.25) is 11.9 Å². The standard InChI is InChI=1S/C25H32N6OS/c1-19-7-11-22(12-8-19)31-24(30-15-5-6-16-30)26-27-25(31)33-18-23(32)29(4)17-20-9-13-21(14-10-20)28(2)3/h7-14H,5-6,15-18H2,1-4H3. The SMILES string of the molecule is Cc1ccc(-n2c(SCC(=O)N(C)Cc3ccc(N(C)C)cc3)nnc2N2CCCC2)cc1. The van der Waals surface area contributed by atoms with Crippen molar-refractivity contribution in [3.63, 3.8) is 0 Å². The Morgan fingerprint density at radius 3 is 2.27 bits per heavy atom. The average molecular weight is 465 g/mol. The number of amides is 1. The second-order valence-electron chi connectivity index (χ2n) is 8.75. The maximum Gasteiger partial charge on any atom is 0.233 e. The first-order chi connectivity index (χ1) is 15.9. The van der Waals surface area contributed by atoms with Crippen molar-refractivity contribution < 1.29 is 4.79 Å². The Kier molecular flexibility index (Phi) is 7.23. The van der Waals surface area contributed by atoms with Crippen LogP contribution in [0.4, 0.5) is 11.6 Å². The lowest BCUT2D eigenvalue weighted by Gasteiger charge is -2.19. The second-order valence-corrected chi connectivity index (χ2v) is 9.69. The van der Waals surface area contributed by atoms with Crippen LogP contribution >= 0.6 is 11.8 Å². The van der Waals surface area contributed by atoms with Crippen LogP contribution in [0.3, 0.4) is 0 Å². The maximum absolute atomic E-state index is 12.9. The molecular formula is C25H32N6OS. The van der Waals surface area contributed by atoms with Gasteiger partial charge in [-0.3, -0.25) is 9.36 Å². The van der Waals surface area contributed by atoms with E-state index in [4.69, 9.17) is 0 Å². The summed E-state index contributed by atoms with van der Waals surface area (Å²) >= 11 is 1.44. The smallest absolute Gasteiger partial charge is 0.233 e. The highest BCUT2D eigenvalue weighted by molar-refractivity contribution is 7.99. The fraction of sp³-hybridized carbons (Fsp3) is 0.400. The van der Waals surface area contributed by atoms with Crippen LogP contribution in [-0.4, -0.2) is 65.6 Å². The van der Waals surface area contributed by atoms with E-state index in [0.717, 1.165) is 41.1 Å². The van der Waals surface area contributed by atoms with E-state index in [1.807, 2.05) is 21.1 Å². The number of anilines is 2. The summed E-state index contributed by atoms with van der Waals surface area (Å²) in [6.07, 6.45) is 2.34. The fourth-order valence-corrected chi connectivity index (χ4v) is 4.78. The summed E-state index contributed by atoms with van der Waals surface area (Å²) in [5.41, 5.74) is 4.49. The van der Waals surface area contributed by atoms with Crippen molar-refractivity contribution in [3.8, 4) is 5.69 Å². The lowest BCUT2D eigenvalue weighted by atomic mass is 10.2. The van der Waals surface area contributed by atoms with E-state index in [-0.39, 0.29) is 5.91 Å². The minimum absolute atomic E-state index is 0.0675. The van der Waals surface area contributed by atoms with Crippen LogP contribution in [0.1, 0.15) is 24.0 Å². The predicted octanol–water partition coefficient (Wildman–Crippen LogP) is 3.99. The Bertz CT molecular complexity index is 1070. The van der Waals surface area contributed by atoms with Crippen LogP contribution in [0.25, 0.3) is 5.69 Å². The molecule has 174 valence electrons. The quantitative estimate of drug-likeness (QED) is 0.470. The lowest BCUT2D eigenvalue weighted by molar-refractivity contribution is -0.127. The number of aryl methyl sites for hydroxylation is 1. The molecular weight excluding hydrogens is 432 g/mol. The Balaban J connectivity index is 1.45. The molecule has 1 saturated heterocycles. The van der Waals surface area contributed by atoms with Crippen LogP contribution in [0.15, 0.2) is 53.7 Å². The van der Waals surface area contributed by atoms with Crippen molar-refractivity contribution in [3.05, 3.63) is 59.7 Å². The summed E-state index contributed by atoms with van der Waals surface area (Å²) in [7, 11) is 5.89. The molecule has 1 amide bonds. The van der Waals surface area contributed by atoms with Crippen molar-refractivity contribution in [2.75, 3.05) is 49.8 Å². The fourth-order valence-electron chi connectivity index (χ4n) is 3.90. The molecule has 1 aromatic heterocycles. The first-order valence-electron chi connectivity index (χ1n) is 11.3. The Morgan fingerprint density at radius 1 is 0.970 bits per heavy atom. The topological polar surface area (TPSA) is 57.5 Å². The van der Waals surface area contributed by atoms with Crippen molar-refractivity contribution in [2.45, 2.75) is 31.5 Å². The highest BCUT2D eigenvalue weighted by Gasteiger charge is 2.23. The molecule has 1 fully saturated rings. The molecule has 1 aliphatic rings. The molecule has 1 aliphatic heterocycles. The van der Waals surface area contributed by atoms with E-state index < -0.39 is 0 Å². The first kappa shape index (κ1) is 23.2. The number of hydrogen-bond donors (Lipinski definition) is 0. The molecule has 0 radical (unpaired) electrons. The van der Waals surface area contributed by atoms with Crippen LogP contribution < -0.4 is 9.80 Å². The van der Waals surface area contributed by atoms with Crippen LogP contribution in [0, 0.1) is 6.92 Å². The minimum atomic E-state index is 0.0675. The van der Waals surface area contributed by atoms with Gasteiger partial charge in [0.25, 0.3) is 0 Å². The van der Waals surface area contributed by atoms with Crippen molar-refractivity contribution in [1.29, 1.82) is 0 Å². The third-order valence-electron chi connectivity index (χ3n) is 5.92. The van der Waals surface area contributed by atoms with Crippen LogP contribution in [-0.2, 0) is 11.3 Å². The average Bonchev–Trinajstić information content (AvgIpc) is 3.48. The Hall–Kier alpha value is -3.00. The van der Waals surface area contributed by atoms with Gasteiger partial charge in [0.1, 0.15) is 0 Å². The van der Waals surface area contributed by atoms with E-state index in [1.54, 1.807) is 4.90 Å². The number of thioether (sulfide) groups is 1. The van der Waals surface area contributed by atoms with Gasteiger partial charge in [0.05, 0.1) is 11.4 Å². The van der Waals surface area contributed by atoms with Gasteiger partial charge in [0.15, 0.2) is 5.16 Å². The van der Waals surface area contributed by atoms with Crippen molar-refractivity contribution >= 4 is 29.3 Å². The number of carbonyl (C=O) groups excluding carboxylic acids is 1. The van der Waals surface area contributed by atoms with Crippen LogP contribution in [0.2, 0.25) is 0 Å². The van der Waals surface area contributed by atoms with Gasteiger partial charge >= 0.3 is 0 Å². The van der Waals surface area contributed by atoms with Crippen molar-refractivity contribution in [2.24, 2.45) is 0 Å². The molecule has 0 unspecified atom stereocenters. The van der Waals surface area contributed by atoms with E-state index in [1.165, 1.54) is 30.2 Å².